The second-order valence-electron chi connectivity index (χ2n) is 4.09. The fraction of sp³-hybridized carbons (Fsp3) is 0.667. The molecule has 0 amide bonds. The van der Waals surface area contributed by atoms with Crippen molar-refractivity contribution in [1.82, 2.24) is 0 Å². The molecule has 2 atom stereocenters. The lowest BCUT2D eigenvalue weighted by Crippen LogP contribution is -2.20. The fourth-order valence-corrected chi connectivity index (χ4v) is 3.04. The number of hydrogen-bond donors (Lipinski definition) is 2. The Morgan fingerprint density at radius 2 is 2.27 bits per heavy atom. The van der Waals surface area contributed by atoms with Gasteiger partial charge in [-0.2, -0.15) is 0 Å². The van der Waals surface area contributed by atoms with Crippen LogP contribution in [-0.4, -0.2) is 18.3 Å². The van der Waals surface area contributed by atoms with Crippen molar-refractivity contribution in [3.63, 3.8) is 0 Å². The first kappa shape index (κ1) is 12.7. The van der Waals surface area contributed by atoms with Crippen LogP contribution in [0.5, 0.6) is 0 Å². The molecule has 0 saturated carbocycles. The molecule has 15 heavy (non-hydrogen) atoms. The Kier molecular flexibility index (Phi) is 5.29. The summed E-state index contributed by atoms with van der Waals surface area (Å²) in [5.74, 6) is 0.808. The summed E-state index contributed by atoms with van der Waals surface area (Å²) < 4.78 is 0. The van der Waals surface area contributed by atoms with Crippen molar-refractivity contribution in [1.29, 1.82) is 0 Å². The van der Waals surface area contributed by atoms with Crippen molar-refractivity contribution < 1.29 is 5.11 Å². The van der Waals surface area contributed by atoms with Gasteiger partial charge in [-0.1, -0.05) is 6.92 Å². The molecule has 2 unspecified atom stereocenters. The Balaban J connectivity index is 2.68. The Labute approximate surface area is 96.1 Å². The topological polar surface area (TPSA) is 46.2 Å². The van der Waals surface area contributed by atoms with E-state index in [0.29, 0.717) is 12.5 Å². The highest BCUT2D eigenvalue weighted by Gasteiger charge is 2.17. The van der Waals surface area contributed by atoms with Crippen LogP contribution >= 0.6 is 11.3 Å². The van der Waals surface area contributed by atoms with Crippen molar-refractivity contribution in [3.8, 4) is 0 Å². The van der Waals surface area contributed by atoms with Crippen molar-refractivity contribution >= 4 is 11.3 Å². The molecule has 0 aliphatic heterocycles. The Hall–Kier alpha value is -0.380. The van der Waals surface area contributed by atoms with Crippen molar-refractivity contribution in [2.75, 3.05) is 13.2 Å². The first-order chi connectivity index (χ1) is 7.22. The highest BCUT2D eigenvalue weighted by Crippen LogP contribution is 2.32. The first-order valence-electron chi connectivity index (χ1n) is 5.57. The van der Waals surface area contributed by atoms with E-state index in [2.05, 4.69) is 25.3 Å². The minimum absolute atomic E-state index is 0.206. The third kappa shape index (κ3) is 3.30. The summed E-state index contributed by atoms with van der Waals surface area (Å²) in [7, 11) is 0. The van der Waals surface area contributed by atoms with Crippen LogP contribution in [0.25, 0.3) is 0 Å². The predicted octanol–water partition coefficient (Wildman–Crippen LogP) is 2.51. The third-order valence-corrected chi connectivity index (χ3v) is 4.16. The molecule has 0 fully saturated rings. The van der Waals surface area contributed by atoms with Gasteiger partial charge in [0.2, 0.25) is 0 Å². The molecule has 3 N–H and O–H groups in total. The Bertz CT molecular complexity index is 281. The molecule has 0 aliphatic rings. The number of aliphatic hydroxyl groups excluding tert-OH is 1. The lowest BCUT2D eigenvalue weighted by Gasteiger charge is -2.19. The molecule has 86 valence electrons. The molecular weight excluding hydrogens is 206 g/mol. The van der Waals surface area contributed by atoms with E-state index in [1.54, 1.807) is 0 Å². The number of hydrogen-bond acceptors (Lipinski definition) is 3. The number of nitrogens with two attached hydrogens (primary N) is 1. The maximum Gasteiger partial charge on any atom is 0.0471 e. The quantitative estimate of drug-likeness (QED) is 0.784. The molecule has 1 aromatic heterocycles. The SMILES string of the molecule is CCC(CC(CN)CO)c1sccc1C. The standard InChI is InChI=1S/C12H21NOS/c1-3-11(6-10(7-13)8-14)12-9(2)4-5-15-12/h4-5,10-11,14H,3,6-8,13H2,1-2H3. The molecule has 1 rings (SSSR count). The molecular formula is C12H21NOS. The molecule has 0 bridgehead atoms. The molecule has 1 aromatic rings. The van der Waals surface area contributed by atoms with Crippen LogP contribution in [0.15, 0.2) is 11.4 Å². The van der Waals surface area contributed by atoms with E-state index < -0.39 is 0 Å². The molecule has 0 aromatic carbocycles. The van der Waals surface area contributed by atoms with E-state index in [-0.39, 0.29) is 12.5 Å². The van der Waals surface area contributed by atoms with Gasteiger partial charge in [0.15, 0.2) is 0 Å². The van der Waals surface area contributed by atoms with Gasteiger partial charge in [-0.3, -0.25) is 0 Å². The van der Waals surface area contributed by atoms with Crippen molar-refractivity contribution in [2.45, 2.75) is 32.6 Å². The lowest BCUT2D eigenvalue weighted by atomic mass is 9.90. The maximum atomic E-state index is 9.16. The normalized spacial score (nSPS) is 15.2. The van der Waals surface area contributed by atoms with Gasteiger partial charge in [0.1, 0.15) is 0 Å². The summed E-state index contributed by atoms with van der Waals surface area (Å²) >= 11 is 1.82. The molecule has 1 heterocycles. The predicted molar refractivity (Wildman–Crippen MR) is 66.3 cm³/mol. The van der Waals surface area contributed by atoms with Gasteiger partial charge in [-0.05, 0) is 55.2 Å². The molecule has 0 saturated heterocycles. The highest BCUT2D eigenvalue weighted by molar-refractivity contribution is 7.10. The Morgan fingerprint density at radius 3 is 2.67 bits per heavy atom. The minimum Gasteiger partial charge on any atom is -0.396 e. The van der Waals surface area contributed by atoms with Gasteiger partial charge in [-0.25, -0.2) is 0 Å². The average molecular weight is 227 g/mol. The van der Waals surface area contributed by atoms with Crippen LogP contribution in [0, 0.1) is 12.8 Å². The average Bonchev–Trinajstić information content (AvgIpc) is 2.67. The van der Waals surface area contributed by atoms with Gasteiger partial charge < -0.3 is 10.8 Å². The lowest BCUT2D eigenvalue weighted by molar-refractivity contribution is 0.215. The van der Waals surface area contributed by atoms with Crippen LogP contribution in [0.2, 0.25) is 0 Å². The van der Waals surface area contributed by atoms with Crippen LogP contribution in [0.4, 0.5) is 0 Å². The second kappa shape index (κ2) is 6.26. The van der Waals surface area contributed by atoms with Crippen LogP contribution in [-0.2, 0) is 0 Å². The van der Waals surface area contributed by atoms with Crippen LogP contribution < -0.4 is 5.73 Å². The minimum atomic E-state index is 0.206. The maximum absolute atomic E-state index is 9.16. The number of aliphatic hydroxyl groups is 1. The number of thiophene rings is 1. The van der Waals surface area contributed by atoms with Crippen LogP contribution in [0.1, 0.15) is 36.1 Å². The van der Waals surface area contributed by atoms with Gasteiger partial charge in [-0.15, -0.1) is 11.3 Å². The van der Waals surface area contributed by atoms with Gasteiger partial charge in [0.25, 0.3) is 0 Å². The van der Waals surface area contributed by atoms with Gasteiger partial charge >= 0.3 is 0 Å². The monoisotopic (exact) mass is 227 g/mol. The first-order valence-corrected chi connectivity index (χ1v) is 6.45. The molecule has 0 spiro atoms. The fourth-order valence-electron chi connectivity index (χ4n) is 1.91. The third-order valence-electron chi connectivity index (χ3n) is 2.97. The van der Waals surface area contributed by atoms with Crippen molar-refractivity contribution in [2.24, 2.45) is 11.7 Å². The number of rotatable bonds is 6. The summed E-state index contributed by atoms with van der Waals surface area (Å²) in [6.45, 7) is 5.15. The number of aryl methyl sites for hydroxylation is 1. The van der Waals surface area contributed by atoms with E-state index in [1.165, 1.54) is 10.4 Å². The van der Waals surface area contributed by atoms with E-state index in [4.69, 9.17) is 10.8 Å². The highest BCUT2D eigenvalue weighted by atomic mass is 32.1. The molecule has 3 heteroatoms. The van der Waals surface area contributed by atoms with Crippen molar-refractivity contribution in [3.05, 3.63) is 21.9 Å². The Morgan fingerprint density at radius 1 is 1.53 bits per heavy atom. The summed E-state index contributed by atoms with van der Waals surface area (Å²) in [5.41, 5.74) is 7.00. The van der Waals surface area contributed by atoms with E-state index in [0.717, 1.165) is 12.8 Å². The van der Waals surface area contributed by atoms with E-state index in [1.807, 2.05) is 11.3 Å². The van der Waals surface area contributed by atoms with Crippen LogP contribution in [0.3, 0.4) is 0 Å². The van der Waals surface area contributed by atoms with E-state index in [9.17, 15) is 0 Å². The van der Waals surface area contributed by atoms with E-state index >= 15 is 0 Å². The summed E-state index contributed by atoms with van der Waals surface area (Å²) in [4.78, 5) is 1.46. The second-order valence-corrected chi connectivity index (χ2v) is 5.04. The molecule has 2 nitrogen and oxygen atoms in total. The zero-order valence-electron chi connectivity index (χ0n) is 9.57. The summed E-state index contributed by atoms with van der Waals surface area (Å²) in [6, 6.07) is 2.17. The summed E-state index contributed by atoms with van der Waals surface area (Å²) in [6.07, 6.45) is 2.13. The van der Waals surface area contributed by atoms with Gasteiger partial charge in [0.05, 0.1) is 0 Å². The largest absolute Gasteiger partial charge is 0.396 e. The summed E-state index contributed by atoms with van der Waals surface area (Å²) in [5, 5.41) is 11.3. The molecule has 0 radical (unpaired) electrons. The molecule has 0 aliphatic carbocycles. The smallest absolute Gasteiger partial charge is 0.0471 e. The van der Waals surface area contributed by atoms with Gasteiger partial charge in [0, 0.05) is 11.5 Å². The zero-order chi connectivity index (χ0) is 11.3. The zero-order valence-corrected chi connectivity index (χ0v) is 10.4.